The second-order valence-electron chi connectivity index (χ2n) is 8.01. The molecular weight excluding hydrogens is 386 g/mol. The topological polar surface area (TPSA) is 78.5 Å². The molecule has 2 N–H and O–H groups in total. The van der Waals surface area contributed by atoms with Crippen LogP contribution in [0.3, 0.4) is 0 Å². The molecule has 3 rings (SSSR count). The molecule has 0 aliphatic carbocycles. The van der Waals surface area contributed by atoms with E-state index in [1.54, 1.807) is 31.2 Å². The first-order chi connectivity index (χ1) is 13.6. The Kier molecular flexibility index (Phi) is 6.29. The highest BCUT2D eigenvalue weighted by Gasteiger charge is 2.22. The Morgan fingerprint density at radius 2 is 1.62 bits per heavy atom. The van der Waals surface area contributed by atoms with E-state index in [4.69, 9.17) is 0 Å². The summed E-state index contributed by atoms with van der Waals surface area (Å²) in [6.45, 7) is 7.46. The van der Waals surface area contributed by atoms with Crippen molar-refractivity contribution in [1.82, 2.24) is 10.2 Å². The van der Waals surface area contributed by atoms with Crippen LogP contribution in [0.25, 0.3) is 0 Å². The summed E-state index contributed by atoms with van der Waals surface area (Å²) in [7, 11) is -1.74. The summed E-state index contributed by atoms with van der Waals surface area (Å²) in [6.07, 6.45) is 1.79. The van der Waals surface area contributed by atoms with Crippen LogP contribution in [0.1, 0.15) is 39.9 Å². The lowest BCUT2D eigenvalue weighted by molar-refractivity contribution is 0.0916. The first-order valence-electron chi connectivity index (χ1n) is 9.85. The van der Waals surface area contributed by atoms with Crippen LogP contribution in [-0.4, -0.2) is 45.4 Å². The van der Waals surface area contributed by atoms with Gasteiger partial charge in [-0.3, -0.25) is 9.52 Å². The highest BCUT2D eigenvalue weighted by molar-refractivity contribution is 7.92. The van der Waals surface area contributed by atoms with Gasteiger partial charge in [0.15, 0.2) is 0 Å². The highest BCUT2D eigenvalue weighted by atomic mass is 32.2. The highest BCUT2D eigenvalue weighted by Crippen LogP contribution is 2.23. The Labute approximate surface area is 173 Å². The lowest BCUT2D eigenvalue weighted by Gasteiger charge is -2.29. The van der Waals surface area contributed by atoms with E-state index in [-0.39, 0.29) is 16.8 Å². The number of likely N-dealkylation sites (tertiary alicyclic amines) is 1. The van der Waals surface area contributed by atoms with E-state index < -0.39 is 10.0 Å². The summed E-state index contributed by atoms with van der Waals surface area (Å²) < 4.78 is 28.6. The average molecular weight is 416 g/mol. The maximum absolute atomic E-state index is 13.0. The zero-order valence-electron chi connectivity index (χ0n) is 17.5. The van der Waals surface area contributed by atoms with Gasteiger partial charge >= 0.3 is 0 Å². The average Bonchev–Trinajstić information content (AvgIpc) is 2.62. The minimum Gasteiger partial charge on any atom is -0.349 e. The SMILES string of the molecule is Cc1cc(C)cc(NS(=O)(=O)c2cc(C(=O)NC3CCN(C)CC3)ccc2C)c1. The second kappa shape index (κ2) is 8.55. The lowest BCUT2D eigenvalue weighted by atomic mass is 10.0. The van der Waals surface area contributed by atoms with E-state index in [9.17, 15) is 13.2 Å². The Hall–Kier alpha value is -2.38. The summed E-state index contributed by atoms with van der Waals surface area (Å²) in [4.78, 5) is 15.0. The molecule has 1 heterocycles. The Balaban J connectivity index is 1.81. The molecule has 0 spiro atoms. The first-order valence-corrected chi connectivity index (χ1v) is 11.3. The molecule has 1 saturated heterocycles. The third-order valence-corrected chi connectivity index (χ3v) is 6.79. The predicted molar refractivity (Wildman–Crippen MR) is 116 cm³/mol. The molecule has 0 saturated carbocycles. The summed E-state index contributed by atoms with van der Waals surface area (Å²) in [6, 6.07) is 10.5. The fourth-order valence-electron chi connectivity index (χ4n) is 3.70. The van der Waals surface area contributed by atoms with Crippen LogP contribution in [0, 0.1) is 20.8 Å². The van der Waals surface area contributed by atoms with Crippen molar-refractivity contribution in [2.24, 2.45) is 0 Å². The summed E-state index contributed by atoms with van der Waals surface area (Å²) in [5, 5.41) is 3.04. The van der Waals surface area contributed by atoms with Crippen LogP contribution in [0.4, 0.5) is 5.69 Å². The van der Waals surface area contributed by atoms with Crippen LogP contribution in [0.15, 0.2) is 41.3 Å². The summed E-state index contributed by atoms with van der Waals surface area (Å²) in [5.74, 6) is -0.234. The number of nitrogens with one attached hydrogen (secondary N) is 2. The van der Waals surface area contributed by atoms with E-state index in [1.165, 1.54) is 6.07 Å². The molecule has 7 heteroatoms. The van der Waals surface area contributed by atoms with Gasteiger partial charge in [0.25, 0.3) is 15.9 Å². The van der Waals surface area contributed by atoms with Crippen LogP contribution in [0.5, 0.6) is 0 Å². The van der Waals surface area contributed by atoms with E-state index in [0.717, 1.165) is 37.1 Å². The minimum absolute atomic E-state index is 0.118. The quantitative estimate of drug-likeness (QED) is 0.786. The third kappa shape index (κ3) is 5.36. The van der Waals surface area contributed by atoms with Crippen LogP contribution in [-0.2, 0) is 10.0 Å². The molecule has 2 aromatic carbocycles. The van der Waals surface area contributed by atoms with Crippen molar-refractivity contribution in [3.63, 3.8) is 0 Å². The molecule has 0 bridgehead atoms. The largest absolute Gasteiger partial charge is 0.349 e. The fourth-order valence-corrected chi connectivity index (χ4v) is 5.01. The third-order valence-electron chi connectivity index (χ3n) is 5.27. The number of nitrogens with zero attached hydrogens (tertiary/aromatic N) is 1. The number of anilines is 1. The maximum Gasteiger partial charge on any atom is 0.262 e. The van der Waals surface area contributed by atoms with Gasteiger partial charge in [-0.2, -0.15) is 0 Å². The molecule has 1 aliphatic rings. The zero-order chi connectivity index (χ0) is 21.2. The first kappa shape index (κ1) is 21.3. The molecule has 0 radical (unpaired) electrons. The van der Waals surface area contributed by atoms with Crippen LogP contribution >= 0.6 is 0 Å². The smallest absolute Gasteiger partial charge is 0.262 e. The van der Waals surface area contributed by atoms with Gasteiger partial charge in [-0.15, -0.1) is 0 Å². The van der Waals surface area contributed by atoms with Crippen molar-refractivity contribution in [2.75, 3.05) is 24.9 Å². The number of hydrogen-bond donors (Lipinski definition) is 2. The van der Waals surface area contributed by atoms with E-state index in [1.807, 2.05) is 19.9 Å². The van der Waals surface area contributed by atoms with Gasteiger partial charge in [0.05, 0.1) is 4.90 Å². The van der Waals surface area contributed by atoms with Gasteiger partial charge in [0, 0.05) is 17.3 Å². The van der Waals surface area contributed by atoms with E-state index in [0.29, 0.717) is 16.8 Å². The van der Waals surface area contributed by atoms with Crippen LogP contribution in [0.2, 0.25) is 0 Å². The Morgan fingerprint density at radius 1 is 1.00 bits per heavy atom. The number of aryl methyl sites for hydroxylation is 3. The summed E-state index contributed by atoms with van der Waals surface area (Å²) >= 11 is 0. The number of sulfonamides is 1. The van der Waals surface area contributed by atoms with Gasteiger partial charge in [-0.25, -0.2) is 8.42 Å². The number of hydrogen-bond acceptors (Lipinski definition) is 4. The normalized spacial score (nSPS) is 15.9. The standard InChI is InChI=1S/C22H29N3O3S/c1-15-11-16(2)13-20(12-15)24-29(27,28)21-14-18(6-5-17(21)3)22(26)23-19-7-9-25(4)10-8-19/h5-6,11-14,19,24H,7-10H2,1-4H3,(H,23,26). The molecule has 2 aromatic rings. The van der Waals surface area contributed by atoms with E-state index >= 15 is 0 Å². The lowest BCUT2D eigenvalue weighted by Crippen LogP contribution is -2.43. The molecule has 1 amide bonds. The van der Waals surface area contributed by atoms with Gasteiger partial charge in [-0.1, -0.05) is 12.1 Å². The Bertz CT molecular complexity index is 990. The Morgan fingerprint density at radius 3 is 2.24 bits per heavy atom. The van der Waals surface area contributed by atoms with Crippen molar-refractivity contribution in [3.05, 3.63) is 58.7 Å². The van der Waals surface area contributed by atoms with Crippen molar-refractivity contribution in [1.29, 1.82) is 0 Å². The van der Waals surface area contributed by atoms with Crippen molar-refractivity contribution >= 4 is 21.6 Å². The minimum atomic E-state index is -3.81. The van der Waals surface area contributed by atoms with Crippen molar-refractivity contribution in [2.45, 2.75) is 44.6 Å². The molecule has 29 heavy (non-hydrogen) atoms. The number of rotatable bonds is 5. The number of carbonyl (C=O) groups is 1. The van der Waals surface area contributed by atoms with Gasteiger partial charge < -0.3 is 10.2 Å². The second-order valence-corrected chi connectivity index (χ2v) is 9.66. The van der Waals surface area contributed by atoms with Gasteiger partial charge in [0.2, 0.25) is 0 Å². The zero-order valence-corrected chi connectivity index (χ0v) is 18.3. The van der Waals surface area contributed by atoms with E-state index in [2.05, 4.69) is 22.0 Å². The molecule has 1 aliphatic heterocycles. The van der Waals surface area contributed by atoms with Gasteiger partial charge in [-0.05, 0) is 94.7 Å². The number of amides is 1. The fraction of sp³-hybridized carbons (Fsp3) is 0.409. The monoisotopic (exact) mass is 415 g/mol. The number of carbonyl (C=O) groups excluding carboxylic acids is 1. The van der Waals surface area contributed by atoms with Crippen LogP contribution < -0.4 is 10.0 Å². The summed E-state index contributed by atoms with van der Waals surface area (Å²) in [5.41, 5.74) is 3.42. The molecule has 0 aromatic heterocycles. The molecular formula is C22H29N3O3S. The molecule has 1 fully saturated rings. The van der Waals surface area contributed by atoms with Crippen molar-refractivity contribution < 1.29 is 13.2 Å². The molecule has 0 unspecified atom stereocenters. The maximum atomic E-state index is 13.0. The molecule has 0 atom stereocenters. The predicted octanol–water partition coefficient (Wildman–Crippen LogP) is 3.24. The number of benzene rings is 2. The molecule has 156 valence electrons. The number of piperidine rings is 1. The van der Waals surface area contributed by atoms with Gasteiger partial charge in [0.1, 0.15) is 0 Å². The molecule has 6 nitrogen and oxygen atoms in total. The van der Waals surface area contributed by atoms with Crippen molar-refractivity contribution in [3.8, 4) is 0 Å².